The molecule has 0 unspecified atom stereocenters. The SMILES string of the molecule is CCNCC(=O)Nc1sc(CC)cc1C(=O)OCC. The summed E-state index contributed by atoms with van der Waals surface area (Å²) >= 11 is 1.41. The normalized spacial score (nSPS) is 10.3. The van der Waals surface area contributed by atoms with Crippen LogP contribution in [0.1, 0.15) is 36.0 Å². The van der Waals surface area contributed by atoms with Gasteiger partial charge in [-0.05, 0) is 26.0 Å². The van der Waals surface area contributed by atoms with Crippen LogP contribution in [0.4, 0.5) is 5.00 Å². The van der Waals surface area contributed by atoms with Crippen molar-refractivity contribution in [3.63, 3.8) is 0 Å². The zero-order valence-electron chi connectivity index (χ0n) is 11.5. The highest BCUT2D eigenvalue weighted by atomic mass is 32.1. The first-order valence-corrected chi connectivity index (χ1v) is 7.24. The number of hydrogen-bond acceptors (Lipinski definition) is 5. The van der Waals surface area contributed by atoms with Crippen LogP contribution in [0.15, 0.2) is 6.07 Å². The maximum Gasteiger partial charge on any atom is 0.341 e. The van der Waals surface area contributed by atoms with Crippen molar-refractivity contribution in [1.29, 1.82) is 0 Å². The quantitative estimate of drug-likeness (QED) is 0.752. The summed E-state index contributed by atoms with van der Waals surface area (Å²) in [7, 11) is 0. The lowest BCUT2D eigenvalue weighted by atomic mass is 10.2. The Balaban J connectivity index is 2.82. The molecule has 0 saturated heterocycles. The van der Waals surface area contributed by atoms with Crippen molar-refractivity contribution in [1.82, 2.24) is 5.32 Å². The molecule has 0 atom stereocenters. The number of amides is 1. The topological polar surface area (TPSA) is 67.4 Å². The molecule has 5 nitrogen and oxygen atoms in total. The summed E-state index contributed by atoms with van der Waals surface area (Å²) in [6.07, 6.45) is 0.820. The van der Waals surface area contributed by atoms with E-state index in [2.05, 4.69) is 10.6 Å². The molecular formula is C13H20N2O3S. The standard InChI is InChI=1S/C13H20N2O3S/c1-4-9-7-10(13(17)18-6-3)12(19-9)15-11(16)8-14-5-2/h7,14H,4-6,8H2,1-3H3,(H,15,16). The Morgan fingerprint density at radius 3 is 2.63 bits per heavy atom. The van der Waals surface area contributed by atoms with E-state index in [0.29, 0.717) is 17.2 Å². The van der Waals surface area contributed by atoms with Gasteiger partial charge in [0.25, 0.3) is 0 Å². The molecule has 106 valence electrons. The van der Waals surface area contributed by atoms with Crippen LogP contribution in [0.25, 0.3) is 0 Å². The van der Waals surface area contributed by atoms with Gasteiger partial charge < -0.3 is 15.4 Å². The van der Waals surface area contributed by atoms with Crippen molar-refractivity contribution in [3.8, 4) is 0 Å². The van der Waals surface area contributed by atoms with Crippen molar-refractivity contribution in [3.05, 3.63) is 16.5 Å². The highest BCUT2D eigenvalue weighted by molar-refractivity contribution is 7.16. The Hall–Kier alpha value is -1.40. The summed E-state index contributed by atoms with van der Waals surface area (Å²) in [6, 6.07) is 1.78. The molecule has 1 aromatic heterocycles. The molecule has 6 heteroatoms. The van der Waals surface area contributed by atoms with E-state index in [4.69, 9.17) is 4.74 Å². The molecule has 1 aromatic rings. The van der Waals surface area contributed by atoms with Crippen LogP contribution in [0.2, 0.25) is 0 Å². The molecule has 0 spiro atoms. The third-order valence-corrected chi connectivity index (χ3v) is 3.61. The highest BCUT2D eigenvalue weighted by Gasteiger charge is 2.18. The molecule has 1 amide bonds. The zero-order chi connectivity index (χ0) is 14.3. The van der Waals surface area contributed by atoms with Gasteiger partial charge in [-0.3, -0.25) is 4.79 Å². The summed E-state index contributed by atoms with van der Waals surface area (Å²) in [5.41, 5.74) is 0.438. The van der Waals surface area contributed by atoms with E-state index in [1.165, 1.54) is 11.3 Å². The first kappa shape index (κ1) is 15.7. The van der Waals surface area contributed by atoms with Crippen molar-refractivity contribution >= 4 is 28.2 Å². The van der Waals surface area contributed by atoms with Crippen LogP contribution >= 0.6 is 11.3 Å². The zero-order valence-corrected chi connectivity index (χ0v) is 12.4. The predicted octanol–water partition coefficient (Wildman–Crippen LogP) is 2.04. The van der Waals surface area contributed by atoms with Crippen LogP contribution < -0.4 is 10.6 Å². The van der Waals surface area contributed by atoms with Crippen LogP contribution in [-0.2, 0) is 16.0 Å². The Labute approximate surface area is 117 Å². The number of anilines is 1. The molecule has 0 aromatic carbocycles. The van der Waals surface area contributed by atoms with E-state index < -0.39 is 5.97 Å². The van der Waals surface area contributed by atoms with E-state index in [1.54, 1.807) is 13.0 Å². The Morgan fingerprint density at radius 2 is 2.05 bits per heavy atom. The fourth-order valence-corrected chi connectivity index (χ4v) is 2.48. The number of esters is 1. The van der Waals surface area contributed by atoms with Gasteiger partial charge >= 0.3 is 5.97 Å². The van der Waals surface area contributed by atoms with Gasteiger partial charge in [-0.25, -0.2) is 4.79 Å². The number of rotatable bonds is 7. The van der Waals surface area contributed by atoms with E-state index in [0.717, 1.165) is 17.8 Å². The molecule has 0 aliphatic heterocycles. The molecule has 1 heterocycles. The van der Waals surface area contributed by atoms with E-state index in [-0.39, 0.29) is 12.5 Å². The molecule has 0 aliphatic rings. The summed E-state index contributed by atoms with van der Waals surface area (Å²) in [6.45, 7) is 6.97. The van der Waals surface area contributed by atoms with Crippen LogP contribution in [-0.4, -0.2) is 31.6 Å². The van der Waals surface area contributed by atoms with Gasteiger partial charge in [-0.2, -0.15) is 0 Å². The summed E-state index contributed by atoms with van der Waals surface area (Å²) in [5.74, 6) is -0.547. The average molecular weight is 284 g/mol. The minimum Gasteiger partial charge on any atom is -0.462 e. The van der Waals surface area contributed by atoms with Crippen LogP contribution in [0.5, 0.6) is 0 Å². The second-order valence-corrected chi connectivity index (χ2v) is 4.99. The molecule has 0 aliphatic carbocycles. The summed E-state index contributed by atoms with van der Waals surface area (Å²) in [5, 5.41) is 6.26. The lowest BCUT2D eigenvalue weighted by Crippen LogP contribution is -2.28. The average Bonchev–Trinajstić information content (AvgIpc) is 2.79. The number of likely N-dealkylation sites (N-methyl/N-ethyl adjacent to an activating group) is 1. The van der Waals surface area contributed by atoms with Crippen LogP contribution in [0.3, 0.4) is 0 Å². The minimum absolute atomic E-state index is 0.156. The number of carbonyl (C=O) groups is 2. The first-order valence-electron chi connectivity index (χ1n) is 6.42. The molecule has 0 saturated carbocycles. The second kappa shape index (κ2) is 7.91. The number of ether oxygens (including phenoxy) is 1. The predicted molar refractivity (Wildman–Crippen MR) is 76.8 cm³/mol. The van der Waals surface area contributed by atoms with Crippen molar-refractivity contribution in [2.24, 2.45) is 0 Å². The smallest absolute Gasteiger partial charge is 0.341 e. The maximum absolute atomic E-state index is 11.8. The fraction of sp³-hybridized carbons (Fsp3) is 0.538. The van der Waals surface area contributed by atoms with Gasteiger partial charge in [0.05, 0.1) is 18.7 Å². The molecule has 19 heavy (non-hydrogen) atoms. The molecule has 0 fully saturated rings. The molecule has 0 bridgehead atoms. The second-order valence-electron chi connectivity index (χ2n) is 3.86. The van der Waals surface area contributed by atoms with Gasteiger partial charge in [0.2, 0.25) is 5.91 Å². The molecule has 0 radical (unpaired) electrons. The van der Waals surface area contributed by atoms with Crippen molar-refractivity contribution in [2.45, 2.75) is 27.2 Å². The molecule has 1 rings (SSSR count). The van der Waals surface area contributed by atoms with Crippen LogP contribution in [0, 0.1) is 0 Å². The first-order chi connectivity index (χ1) is 9.12. The van der Waals surface area contributed by atoms with Gasteiger partial charge in [0, 0.05) is 4.88 Å². The Bertz CT molecular complexity index is 443. The van der Waals surface area contributed by atoms with Gasteiger partial charge in [0.1, 0.15) is 5.00 Å². The molecular weight excluding hydrogens is 264 g/mol. The summed E-state index contributed by atoms with van der Waals surface area (Å²) in [4.78, 5) is 24.5. The van der Waals surface area contributed by atoms with Crippen molar-refractivity contribution in [2.75, 3.05) is 25.0 Å². The fourth-order valence-electron chi connectivity index (χ4n) is 1.48. The Kier molecular flexibility index (Phi) is 6.52. The minimum atomic E-state index is -0.391. The highest BCUT2D eigenvalue weighted by Crippen LogP contribution is 2.29. The van der Waals surface area contributed by atoms with E-state index in [9.17, 15) is 9.59 Å². The number of nitrogens with one attached hydrogen (secondary N) is 2. The number of carbonyl (C=O) groups excluding carboxylic acids is 2. The lowest BCUT2D eigenvalue weighted by molar-refractivity contribution is -0.115. The third kappa shape index (κ3) is 4.65. The third-order valence-electron chi connectivity index (χ3n) is 2.42. The van der Waals surface area contributed by atoms with E-state index in [1.807, 2.05) is 13.8 Å². The van der Waals surface area contributed by atoms with E-state index >= 15 is 0 Å². The summed E-state index contributed by atoms with van der Waals surface area (Å²) < 4.78 is 4.99. The van der Waals surface area contributed by atoms with Gasteiger partial charge in [0.15, 0.2) is 0 Å². The monoisotopic (exact) mass is 284 g/mol. The van der Waals surface area contributed by atoms with Crippen molar-refractivity contribution < 1.29 is 14.3 Å². The number of aryl methyl sites for hydroxylation is 1. The Morgan fingerprint density at radius 1 is 1.32 bits per heavy atom. The number of hydrogen-bond donors (Lipinski definition) is 2. The maximum atomic E-state index is 11.8. The largest absolute Gasteiger partial charge is 0.462 e. The molecule has 2 N–H and O–H groups in total. The lowest BCUT2D eigenvalue weighted by Gasteiger charge is -2.06. The number of thiophene rings is 1. The van der Waals surface area contributed by atoms with Gasteiger partial charge in [-0.15, -0.1) is 11.3 Å². The van der Waals surface area contributed by atoms with Gasteiger partial charge in [-0.1, -0.05) is 13.8 Å².